The molecular weight excluding hydrogens is 354 g/mol. The van der Waals surface area contributed by atoms with Gasteiger partial charge in [0.2, 0.25) is 0 Å². The Hall–Kier alpha value is 1.27. The monoisotopic (exact) mass is 352 g/mol. The SMILES string of the molecule is F[C@H]1C(F)(F)[C@@]2(Cl)C(Cl)=C(Cl)[C@]1(Cl)C2(Cl)Cl. The molecule has 0 nitrogen and oxygen atoms in total. The third kappa shape index (κ3) is 0.982. The highest BCUT2D eigenvalue weighted by atomic mass is 35.5. The topological polar surface area (TPSA) is 0 Å². The Balaban J connectivity index is 2.84. The number of hydrogen-bond donors (Lipinski definition) is 0. The molecule has 2 aliphatic rings. The molecule has 92 valence electrons. The van der Waals surface area contributed by atoms with E-state index in [4.69, 9.17) is 69.6 Å². The highest BCUT2D eigenvalue weighted by Crippen LogP contribution is 2.77. The average Bonchev–Trinajstić information content (AvgIpc) is 2.34. The van der Waals surface area contributed by atoms with E-state index in [-0.39, 0.29) is 0 Å². The molecule has 3 atom stereocenters. The number of halogens is 9. The molecule has 0 aromatic rings. The lowest BCUT2D eigenvalue weighted by Gasteiger charge is -2.32. The Morgan fingerprint density at radius 1 is 0.938 bits per heavy atom. The van der Waals surface area contributed by atoms with Gasteiger partial charge < -0.3 is 0 Å². The van der Waals surface area contributed by atoms with Crippen LogP contribution in [0.4, 0.5) is 13.2 Å². The van der Waals surface area contributed by atoms with Crippen LogP contribution in [0.3, 0.4) is 0 Å². The van der Waals surface area contributed by atoms with E-state index in [0.717, 1.165) is 0 Å². The van der Waals surface area contributed by atoms with Crippen molar-refractivity contribution in [3.05, 3.63) is 10.1 Å². The lowest BCUT2D eigenvalue weighted by molar-refractivity contribution is -0.0724. The van der Waals surface area contributed by atoms with Gasteiger partial charge in [0.25, 0.3) is 0 Å². The minimum absolute atomic E-state index is 0.589. The van der Waals surface area contributed by atoms with Crippen LogP contribution in [0.25, 0.3) is 0 Å². The Kier molecular flexibility index (Phi) is 2.77. The first kappa shape index (κ1) is 13.7. The first-order valence-corrected chi connectivity index (χ1v) is 6.08. The highest BCUT2D eigenvalue weighted by molar-refractivity contribution is 6.66. The highest BCUT2D eigenvalue weighted by Gasteiger charge is 2.91. The van der Waals surface area contributed by atoms with Gasteiger partial charge >= 0.3 is 5.92 Å². The van der Waals surface area contributed by atoms with E-state index in [2.05, 4.69) is 0 Å². The van der Waals surface area contributed by atoms with Crippen LogP contribution in [0.5, 0.6) is 0 Å². The van der Waals surface area contributed by atoms with Gasteiger partial charge in [0.15, 0.2) is 20.3 Å². The van der Waals surface area contributed by atoms with Crippen molar-refractivity contribution in [1.82, 2.24) is 0 Å². The molecule has 0 unspecified atom stereocenters. The number of hydrogen-bond acceptors (Lipinski definition) is 0. The summed E-state index contributed by atoms with van der Waals surface area (Å²) in [5.41, 5.74) is 0. The number of allylic oxidation sites excluding steroid dienone is 2. The molecule has 16 heavy (non-hydrogen) atoms. The predicted molar refractivity (Wildman–Crippen MR) is 60.2 cm³/mol. The lowest BCUT2D eigenvalue weighted by atomic mass is 10.00. The summed E-state index contributed by atoms with van der Waals surface area (Å²) in [5, 5.41) is -1.32. The van der Waals surface area contributed by atoms with Crippen molar-refractivity contribution in [1.29, 1.82) is 0 Å². The summed E-state index contributed by atoms with van der Waals surface area (Å²) in [6, 6.07) is 0. The molecule has 1 fully saturated rings. The third-order valence-electron chi connectivity index (χ3n) is 2.83. The first-order valence-electron chi connectivity index (χ1n) is 3.81. The second-order valence-electron chi connectivity index (χ2n) is 3.56. The average molecular weight is 355 g/mol. The van der Waals surface area contributed by atoms with Gasteiger partial charge in [-0.25, -0.2) is 13.2 Å². The largest absolute Gasteiger partial charge is 0.307 e. The van der Waals surface area contributed by atoms with Crippen LogP contribution >= 0.6 is 69.6 Å². The molecule has 0 aliphatic heterocycles. The number of rotatable bonds is 0. The summed E-state index contributed by atoms with van der Waals surface area (Å²) in [4.78, 5) is -5.40. The van der Waals surface area contributed by atoms with E-state index in [1.807, 2.05) is 0 Å². The molecule has 2 bridgehead atoms. The minimum Gasteiger partial charge on any atom is -0.238 e. The zero-order chi connectivity index (χ0) is 12.7. The molecule has 9 heteroatoms. The van der Waals surface area contributed by atoms with E-state index in [1.165, 1.54) is 0 Å². The smallest absolute Gasteiger partial charge is 0.238 e. The summed E-state index contributed by atoms with van der Waals surface area (Å²) in [6.45, 7) is 0. The Morgan fingerprint density at radius 3 is 1.69 bits per heavy atom. The van der Waals surface area contributed by atoms with Gasteiger partial charge in [0, 0.05) is 0 Å². The molecule has 0 saturated heterocycles. The quantitative estimate of drug-likeness (QED) is 0.548. The predicted octanol–water partition coefficient (Wildman–Crippen LogP) is 4.81. The fraction of sp³-hybridized carbons (Fsp3) is 0.714. The van der Waals surface area contributed by atoms with Gasteiger partial charge in [-0.15, -0.1) is 23.2 Å². The third-order valence-corrected chi connectivity index (χ3v) is 7.02. The summed E-state index contributed by atoms with van der Waals surface area (Å²) in [6.07, 6.45) is -2.93. The zero-order valence-corrected chi connectivity index (χ0v) is 11.5. The van der Waals surface area contributed by atoms with Crippen molar-refractivity contribution in [3.8, 4) is 0 Å². The van der Waals surface area contributed by atoms with Crippen LogP contribution in [0.2, 0.25) is 0 Å². The molecule has 0 N–H and O–H groups in total. The second-order valence-corrected chi connectivity index (χ2v) is 6.80. The number of fused-ring (bicyclic) bond motifs is 2. The lowest BCUT2D eigenvalue weighted by Crippen LogP contribution is -2.50. The van der Waals surface area contributed by atoms with E-state index >= 15 is 0 Å². The Morgan fingerprint density at radius 2 is 1.38 bits per heavy atom. The maximum atomic E-state index is 13.6. The van der Waals surface area contributed by atoms with Crippen molar-refractivity contribution in [2.75, 3.05) is 0 Å². The van der Waals surface area contributed by atoms with Crippen molar-refractivity contribution in [3.63, 3.8) is 0 Å². The molecule has 0 amide bonds. The van der Waals surface area contributed by atoms with Crippen LogP contribution in [0, 0.1) is 0 Å². The van der Waals surface area contributed by atoms with Crippen LogP contribution in [0.1, 0.15) is 0 Å². The normalized spacial score (nSPS) is 48.9. The van der Waals surface area contributed by atoms with Crippen molar-refractivity contribution < 1.29 is 13.2 Å². The van der Waals surface area contributed by atoms with E-state index < -0.39 is 36.2 Å². The molecule has 1 saturated carbocycles. The summed E-state index contributed by atoms with van der Waals surface area (Å²) < 4.78 is 38.4. The van der Waals surface area contributed by atoms with Gasteiger partial charge in [0.1, 0.15) is 0 Å². The van der Waals surface area contributed by atoms with Crippen molar-refractivity contribution in [2.24, 2.45) is 0 Å². The standard InChI is InChI=1S/C7HCl6F3/c8-1-2(9)5(11)6(15,16)3(14)4(1,10)7(5,12)13/h3H/t3-,4-,5+/m1/s1. The number of alkyl halides is 7. The van der Waals surface area contributed by atoms with Gasteiger partial charge in [-0.05, 0) is 0 Å². The van der Waals surface area contributed by atoms with Gasteiger partial charge in [-0.1, -0.05) is 46.4 Å². The maximum Gasteiger partial charge on any atom is 0.307 e. The van der Waals surface area contributed by atoms with Gasteiger partial charge in [0.05, 0.1) is 10.1 Å². The Labute approximate surface area is 119 Å². The first-order chi connectivity index (χ1) is 6.97. The molecule has 0 heterocycles. The molecule has 2 rings (SSSR count). The molecule has 0 aromatic carbocycles. The summed E-state index contributed by atoms with van der Waals surface area (Å²) in [7, 11) is 0. The fourth-order valence-corrected chi connectivity index (χ4v) is 4.56. The van der Waals surface area contributed by atoms with Crippen molar-refractivity contribution in [2.45, 2.75) is 26.2 Å². The van der Waals surface area contributed by atoms with Gasteiger partial charge in [-0.3, -0.25) is 0 Å². The minimum atomic E-state index is -4.12. The van der Waals surface area contributed by atoms with Crippen molar-refractivity contribution >= 4 is 69.6 Å². The molecule has 0 spiro atoms. The van der Waals surface area contributed by atoms with Crippen LogP contribution in [-0.4, -0.2) is 26.2 Å². The van der Waals surface area contributed by atoms with E-state index in [1.54, 1.807) is 0 Å². The molecule has 2 aliphatic carbocycles. The Bertz CT molecular complexity index is 407. The molecular formula is C7HCl6F3. The van der Waals surface area contributed by atoms with E-state index in [9.17, 15) is 13.2 Å². The van der Waals surface area contributed by atoms with Crippen LogP contribution in [0.15, 0.2) is 10.1 Å². The van der Waals surface area contributed by atoms with Crippen LogP contribution < -0.4 is 0 Å². The maximum absolute atomic E-state index is 13.6. The second kappa shape index (κ2) is 3.23. The summed E-state index contributed by atoms with van der Waals surface area (Å²) >= 11 is 33.7. The summed E-state index contributed by atoms with van der Waals surface area (Å²) in [5.74, 6) is -4.12. The zero-order valence-electron chi connectivity index (χ0n) is 6.98. The van der Waals surface area contributed by atoms with E-state index in [0.29, 0.717) is 0 Å². The van der Waals surface area contributed by atoms with Gasteiger partial charge in [-0.2, -0.15) is 0 Å². The van der Waals surface area contributed by atoms with Crippen LogP contribution in [-0.2, 0) is 0 Å². The fourth-order valence-electron chi connectivity index (χ4n) is 1.89. The molecule has 0 radical (unpaired) electrons. The molecule has 0 aromatic heterocycles.